The maximum atomic E-state index is 12.7. The van der Waals surface area contributed by atoms with Gasteiger partial charge in [0.25, 0.3) is 0 Å². The number of Topliss-reactive ketones (excluding diaryl/α,β-unsaturated/α-hetero) is 1. The van der Waals surface area contributed by atoms with Gasteiger partial charge in [0.1, 0.15) is 0 Å². The van der Waals surface area contributed by atoms with Crippen molar-refractivity contribution in [3.05, 3.63) is 76.4 Å². The van der Waals surface area contributed by atoms with Crippen LogP contribution in [0, 0.1) is 0 Å². The number of carbonyl (C=O) groups is 4. The van der Waals surface area contributed by atoms with Gasteiger partial charge in [-0.25, -0.2) is 9.59 Å². The van der Waals surface area contributed by atoms with Gasteiger partial charge in [-0.2, -0.15) is 0 Å². The van der Waals surface area contributed by atoms with E-state index in [0.29, 0.717) is 5.56 Å². The maximum absolute atomic E-state index is 12.7. The smallest absolute Gasteiger partial charge is 0.347 e. The first kappa shape index (κ1) is 13.3. The van der Waals surface area contributed by atoms with Crippen molar-refractivity contribution in [3.63, 3.8) is 0 Å². The molecule has 0 atom stereocenters. The van der Waals surface area contributed by atoms with Crippen LogP contribution in [0.1, 0.15) is 47.0 Å². The number of ketones is 2. The highest BCUT2D eigenvalue weighted by Crippen LogP contribution is 2.33. The van der Waals surface area contributed by atoms with Crippen LogP contribution >= 0.6 is 0 Å². The SMILES string of the molecule is O=C1C=C(c2cccc3c2C(=O)OC3=O)C(=O)c2ccccc21. The van der Waals surface area contributed by atoms with Gasteiger partial charge in [0.2, 0.25) is 0 Å². The van der Waals surface area contributed by atoms with E-state index in [-0.39, 0.29) is 39.4 Å². The molecule has 2 aromatic carbocycles. The molecule has 1 aliphatic carbocycles. The van der Waals surface area contributed by atoms with E-state index >= 15 is 0 Å². The van der Waals surface area contributed by atoms with Crippen LogP contribution in [0.5, 0.6) is 0 Å². The number of ether oxygens (including phenoxy) is 1. The lowest BCUT2D eigenvalue weighted by molar-refractivity contribution is 0.0443. The highest BCUT2D eigenvalue weighted by molar-refractivity contribution is 6.39. The summed E-state index contributed by atoms with van der Waals surface area (Å²) in [4.78, 5) is 48.5. The Kier molecular flexibility index (Phi) is 2.65. The summed E-state index contributed by atoms with van der Waals surface area (Å²) in [5, 5.41) is 0. The van der Waals surface area contributed by atoms with Gasteiger partial charge >= 0.3 is 11.9 Å². The lowest BCUT2D eigenvalue weighted by atomic mass is 9.84. The van der Waals surface area contributed by atoms with Crippen molar-refractivity contribution in [2.24, 2.45) is 0 Å². The fraction of sp³-hybridized carbons (Fsp3) is 0. The third kappa shape index (κ3) is 1.80. The first-order valence-corrected chi connectivity index (χ1v) is 6.87. The van der Waals surface area contributed by atoms with Crippen molar-refractivity contribution in [1.82, 2.24) is 0 Å². The van der Waals surface area contributed by atoms with Crippen LogP contribution in [0.25, 0.3) is 5.57 Å². The van der Waals surface area contributed by atoms with E-state index in [4.69, 9.17) is 0 Å². The summed E-state index contributed by atoms with van der Waals surface area (Å²) in [7, 11) is 0. The molecule has 0 spiro atoms. The third-order valence-corrected chi connectivity index (χ3v) is 3.92. The number of benzene rings is 2. The first-order valence-electron chi connectivity index (χ1n) is 6.87. The number of hydrogen-bond acceptors (Lipinski definition) is 5. The summed E-state index contributed by atoms with van der Waals surface area (Å²) in [6.07, 6.45) is 1.20. The van der Waals surface area contributed by atoms with Crippen molar-refractivity contribution < 1.29 is 23.9 Å². The van der Waals surface area contributed by atoms with E-state index in [2.05, 4.69) is 4.74 Å². The Balaban J connectivity index is 1.95. The Hall–Kier alpha value is -3.34. The standard InChI is InChI=1S/C18H8O5/c19-14-8-13(16(20)11-5-2-1-4-9(11)14)10-6-3-7-12-15(10)18(22)23-17(12)21/h1-8H. The molecule has 0 bridgehead atoms. The second-order valence-corrected chi connectivity index (χ2v) is 5.20. The minimum Gasteiger partial charge on any atom is -0.386 e. The number of fused-ring (bicyclic) bond motifs is 2. The molecule has 5 heteroatoms. The first-order chi connectivity index (χ1) is 11.1. The molecule has 0 saturated heterocycles. The van der Waals surface area contributed by atoms with Crippen LogP contribution < -0.4 is 0 Å². The minimum absolute atomic E-state index is 0.0317. The summed E-state index contributed by atoms with van der Waals surface area (Å²) in [6, 6.07) is 11.0. The molecule has 5 nitrogen and oxygen atoms in total. The minimum atomic E-state index is -0.805. The molecule has 0 fully saturated rings. The zero-order chi connectivity index (χ0) is 16.1. The van der Waals surface area contributed by atoms with Gasteiger partial charge in [-0.05, 0) is 12.1 Å². The summed E-state index contributed by atoms with van der Waals surface area (Å²) < 4.78 is 4.59. The Morgan fingerprint density at radius 1 is 0.652 bits per heavy atom. The van der Waals surface area contributed by atoms with Crippen molar-refractivity contribution in [2.45, 2.75) is 0 Å². The van der Waals surface area contributed by atoms with Crippen LogP contribution in [0.15, 0.2) is 48.5 Å². The van der Waals surface area contributed by atoms with Crippen LogP contribution in [0.2, 0.25) is 0 Å². The van der Waals surface area contributed by atoms with Crippen molar-refractivity contribution in [3.8, 4) is 0 Å². The molecule has 0 amide bonds. The normalized spacial score (nSPS) is 15.9. The summed E-state index contributed by atoms with van der Waals surface area (Å²) in [6.45, 7) is 0. The molecule has 2 aliphatic rings. The third-order valence-electron chi connectivity index (χ3n) is 3.92. The lowest BCUT2D eigenvalue weighted by Gasteiger charge is -2.16. The topological polar surface area (TPSA) is 77.5 Å². The number of cyclic esters (lactones) is 2. The largest absolute Gasteiger partial charge is 0.386 e. The second kappa shape index (κ2) is 4.58. The van der Waals surface area contributed by atoms with Gasteiger partial charge < -0.3 is 4.74 Å². The monoisotopic (exact) mass is 304 g/mol. The molecular weight excluding hydrogens is 296 g/mol. The Labute approximate surface area is 130 Å². The molecule has 4 rings (SSSR count). The fourth-order valence-corrected chi connectivity index (χ4v) is 2.87. The molecular formula is C18H8O5. The zero-order valence-electron chi connectivity index (χ0n) is 11.7. The number of rotatable bonds is 1. The van der Waals surface area contributed by atoms with Crippen LogP contribution in [0.4, 0.5) is 0 Å². The molecule has 0 radical (unpaired) electrons. The van der Waals surface area contributed by atoms with E-state index in [1.807, 2.05) is 0 Å². The number of carbonyl (C=O) groups excluding carboxylic acids is 4. The van der Waals surface area contributed by atoms with Gasteiger partial charge in [0.05, 0.1) is 11.1 Å². The molecule has 110 valence electrons. The quantitative estimate of drug-likeness (QED) is 0.597. The Morgan fingerprint density at radius 2 is 1.30 bits per heavy atom. The van der Waals surface area contributed by atoms with Crippen LogP contribution in [-0.4, -0.2) is 23.5 Å². The van der Waals surface area contributed by atoms with E-state index in [1.165, 1.54) is 18.2 Å². The number of allylic oxidation sites excluding steroid dienone is 2. The summed E-state index contributed by atoms with van der Waals surface area (Å²) in [5.74, 6) is -2.23. The maximum Gasteiger partial charge on any atom is 0.347 e. The number of esters is 2. The van der Waals surface area contributed by atoms with E-state index in [1.54, 1.807) is 30.3 Å². The molecule has 0 N–H and O–H groups in total. The van der Waals surface area contributed by atoms with E-state index in [9.17, 15) is 19.2 Å². The molecule has 0 unspecified atom stereocenters. The molecule has 1 aliphatic heterocycles. The molecule has 2 aromatic rings. The molecule has 0 aromatic heterocycles. The van der Waals surface area contributed by atoms with E-state index < -0.39 is 11.9 Å². The average molecular weight is 304 g/mol. The van der Waals surface area contributed by atoms with E-state index in [0.717, 1.165) is 0 Å². The van der Waals surface area contributed by atoms with Gasteiger partial charge in [-0.15, -0.1) is 0 Å². The fourth-order valence-electron chi connectivity index (χ4n) is 2.87. The Bertz CT molecular complexity index is 965. The van der Waals surface area contributed by atoms with Gasteiger partial charge in [0, 0.05) is 22.3 Å². The second-order valence-electron chi connectivity index (χ2n) is 5.20. The van der Waals surface area contributed by atoms with Crippen LogP contribution in [-0.2, 0) is 4.74 Å². The average Bonchev–Trinajstić information content (AvgIpc) is 2.86. The predicted octanol–water partition coefficient (Wildman–Crippen LogP) is 2.46. The van der Waals surface area contributed by atoms with Gasteiger partial charge in [0.15, 0.2) is 11.6 Å². The Morgan fingerprint density at radius 3 is 2.09 bits per heavy atom. The van der Waals surface area contributed by atoms with Crippen molar-refractivity contribution in [1.29, 1.82) is 0 Å². The highest BCUT2D eigenvalue weighted by atomic mass is 16.6. The van der Waals surface area contributed by atoms with Crippen molar-refractivity contribution in [2.75, 3.05) is 0 Å². The summed E-state index contributed by atoms with van der Waals surface area (Å²) in [5.41, 5.74) is 1.08. The van der Waals surface area contributed by atoms with Gasteiger partial charge in [-0.3, -0.25) is 9.59 Å². The zero-order valence-corrected chi connectivity index (χ0v) is 11.7. The lowest BCUT2D eigenvalue weighted by Crippen LogP contribution is -2.17. The van der Waals surface area contributed by atoms with Crippen molar-refractivity contribution >= 4 is 29.1 Å². The predicted molar refractivity (Wildman–Crippen MR) is 79.3 cm³/mol. The molecule has 23 heavy (non-hydrogen) atoms. The molecule has 1 heterocycles. The van der Waals surface area contributed by atoms with Gasteiger partial charge in [-0.1, -0.05) is 36.4 Å². The van der Waals surface area contributed by atoms with Crippen LogP contribution in [0.3, 0.4) is 0 Å². The summed E-state index contributed by atoms with van der Waals surface area (Å²) >= 11 is 0. The number of hydrogen-bond donors (Lipinski definition) is 0. The highest BCUT2D eigenvalue weighted by Gasteiger charge is 2.35. The molecule has 0 saturated carbocycles.